The van der Waals surface area contributed by atoms with Gasteiger partial charge in [0.1, 0.15) is 11.9 Å². The fraction of sp³-hybridized carbons (Fsp3) is 0.300. The second kappa shape index (κ2) is 7.97. The zero-order valence-electron chi connectivity index (χ0n) is 15.6. The highest BCUT2D eigenvalue weighted by Gasteiger charge is 2.32. The maximum Gasteiger partial charge on any atom is 0.420 e. The molecule has 9 nitrogen and oxygen atoms in total. The Kier molecular flexibility index (Phi) is 5.59. The van der Waals surface area contributed by atoms with Crippen LogP contribution in [-0.4, -0.2) is 40.7 Å². The molecule has 158 valence electrons. The molecule has 0 unspecified atom stereocenters. The molecule has 0 aliphatic carbocycles. The Morgan fingerprint density at radius 1 is 1.33 bits per heavy atom. The Hall–Kier alpha value is -3.69. The van der Waals surface area contributed by atoms with Gasteiger partial charge in [0.15, 0.2) is 11.2 Å². The van der Waals surface area contributed by atoms with E-state index < -0.39 is 23.8 Å². The van der Waals surface area contributed by atoms with Crippen LogP contribution in [0.1, 0.15) is 14.4 Å². The summed E-state index contributed by atoms with van der Waals surface area (Å²) in [5, 5.41) is 2.59. The highest BCUT2D eigenvalue weighted by Crippen LogP contribution is 2.30. The topological polar surface area (TPSA) is 107 Å². The zero-order chi connectivity index (χ0) is 20.7. The van der Waals surface area contributed by atoms with E-state index >= 15 is 0 Å². The van der Waals surface area contributed by atoms with Gasteiger partial charge in [0.25, 0.3) is 0 Å². The van der Waals surface area contributed by atoms with Crippen LogP contribution in [0.4, 0.5) is 14.9 Å². The first-order valence-corrected chi connectivity index (χ1v) is 8.81. The van der Waals surface area contributed by atoms with Gasteiger partial charge < -0.3 is 14.5 Å². The first-order chi connectivity index (χ1) is 13.8. The Morgan fingerprint density at radius 3 is 2.80 bits per heavy atom. The van der Waals surface area contributed by atoms with Crippen LogP contribution in [0.5, 0.6) is 0 Å². The Balaban J connectivity index is 0.00000256. The number of rotatable bonds is 4. The number of nitrogens with one attached hydrogen (secondary N) is 1. The molecule has 1 atom stereocenters. The van der Waals surface area contributed by atoms with Crippen molar-refractivity contribution < 1.29 is 23.1 Å². The summed E-state index contributed by atoms with van der Waals surface area (Å²) in [4.78, 5) is 40.2. The minimum Gasteiger partial charge on any atom is -0.442 e. The van der Waals surface area contributed by atoms with Gasteiger partial charge in [0, 0.05) is 31.3 Å². The van der Waals surface area contributed by atoms with Gasteiger partial charge in [-0.15, -0.1) is 0 Å². The number of ether oxygens (including phenoxy) is 1. The van der Waals surface area contributed by atoms with E-state index in [0.717, 1.165) is 0 Å². The monoisotopic (exact) mass is 416 g/mol. The van der Waals surface area contributed by atoms with E-state index in [2.05, 4.69) is 10.3 Å². The van der Waals surface area contributed by atoms with Crippen LogP contribution in [0.3, 0.4) is 0 Å². The van der Waals surface area contributed by atoms with Crippen molar-refractivity contribution >= 4 is 28.9 Å². The number of amides is 2. The largest absolute Gasteiger partial charge is 0.442 e. The number of nitrogens with zero attached hydrogens (tertiary/aromatic N) is 3. The van der Waals surface area contributed by atoms with Gasteiger partial charge in [-0.3, -0.25) is 14.3 Å². The van der Waals surface area contributed by atoms with Gasteiger partial charge in [-0.25, -0.2) is 19.0 Å². The average molecular weight is 416 g/mol. The molecule has 3 heterocycles. The lowest BCUT2D eigenvalue weighted by Crippen LogP contribution is -2.33. The van der Waals surface area contributed by atoms with Gasteiger partial charge in [-0.05, 0) is 24.3 Å². The predicted octanol–water partition coefficient (Wildman–Crippen LogP) is 2.43. The fourth-order valence-electron chi connectivity index (χ4n) is 3.16. The van der Waals surface area contributed by atoms with E-state index in [1.54, 1.807) is 6.07 Å². The molecule has 1 aliphatic rings. The van der Waals surface area contributed by atoms with Crippen molar-refractivity contribution in [3.63, 3.8) is 0 Å². The van der Waals surface area contributed by atoms with Gasteiger partial charge in [-0.1, -0.05) is 7.43 Å². The lowest BCUT2D eigenvalue weighted by Gasteiger charge is -2.14. The molecule has 1 aliphatic heterocycles. The van der Waals surface area contributed by atoms with E-state index in [1.165, 1.54) is 47.8 Å². The minimum absolute atomic E-state index is 0. The first-order valence-electron chi connectivity index (χ1n) is 8.81. The summed E-state index contributed by atoms with van der Waals surface area (Å²) in [6.07, 6.45) is 0.326. The number of cyclic esters (lactones) is 1. The molecule has 2 amide bonds. The number of carbonyl (C=O) groups excluding carboxylic acids is 2. The summed E-state index contributed by atoms with van der Waals surface area (Å²) in [6, 6.07) is 5.87. The van der Waals surface area contributed by atoms with E-state index in [4.69, 9.17) is 9.15 Å². The van der Waals surface area contributed by atoms with Gasteiger partial charge in [0.05, 0.1) is 18.8 Å². The summed E-state index contributed by atoms with van der Waals surface area (Å²) in [5.74, 6) is -1.35. The Labute approximate surface area is 171 Å². The van der Waals surface area contributed by atoms with Crippen LogP contribution >= 0.6 is 0 Å². The van der Waals surface area contributed by atoms with E-state index in [9.17, 15) is 18.8 Å². The van der Waals surface area contributed by atoms with Crippen molar-refractivity contribution in [2.45, 2.75) is 20.5 Å². The molecule has 2 aromatic heterocycles. The SMILES string of the molecule is C.CC(=O)NC[C@H]1CN(c2ccc(-c3cnc4c(c3)oc(=O)n4C)c(F)c2)C(=O)O1. The molecule has 1 N–H and O–H groups in total. The van der Waals surface area contributed by atoms with Crippen molar-refractivity contribution in [2.24, 2.45) is 7.05 Å². The second-order valence-corrected chi connectivity index (χ2v) is 6.69. The molecule has 0 spiro atoms. The van der Waals surface area contributed by atoms with Crippen molar-refractivity contribution in [1.29, 1.82) is 0 Å². The lowest BCUT2D eigenvalue weighted by molar-refractivity contribution is -0.119. The number of aryl methyl sites for hydroxylation is 1. The third-order valence-electron chi connectivity index (χ3n) is 4.65. The van der Waals surface area contributed by atoms with E-state index in [0.29, 0.717) is 16.9 Å². The van der Waals surface area contributed by atoms with Gasteiger partial charge in [0.2, 0.25) is 5.91 Å². The number of benzene rings is 1. The molecule has 30 heavy (non-hydrogen) atoms. The maximum absolute atomic E-state index is 14.8. The third-order valence-corrected chi connectivity index (χ3v) is 4.65. The summed E-state index contributed by atoms with van der Waals surface area (Å²) < 4.78 is 26.3. The number of carbonyl (C=O) groups is 2. The number of aromatic nitrogens is 2. The zero-order valence-corrected chi connectivity index (χ0v) is 15.6. The highest BCUT2D eigenvalue weighted by molar-refractivity contribution is 5.90. The quantitative estimate of drug-likeness (QED) is 0.700. The van der Waals surface area contributed by atoms with E-state index in [-0.39, 0.29) is 37.6 Å². The number of fused-ring (bicyclic) bond motifs is 1. The molecule has 3 aromatic rings. The molecule has 10 heteroatoms. The predicted molar refractivity (Wildman–Crippen MR) is 108 cm³/mol. The van der Waals surface area contributed by atoms with Crippen molar-refractivity contribution in [2.75, 3.05) is 18.0 Å². The number of hydrogen-bond donors (Lipinski definition) is 1. The summed E-state index contributed by atoms with van der Waals surface area (Å²) in [5.41, 5.74) is 1.63. The first kappa shape index (κ1) is 21.0. The highest BCUT2D eigenvalue weighted by atomic mass is 19.1. The van der Waals surface area contributed by atoms with Gasteiger partial charge in [-0.2, -0.15) is 0 Å². The smallest absolute Gasteiger partial charge is 0.420 e. The minimum atomic E-state index is -0.610. The van der Waals surface area contributed by atoms with E-state index in [1.807, 2.05) is 0 Å². The molecule has 1 aromatic carbocycles. The average Bonchev–Trinajstić information content (AvgIpc) is 3.19. The van der Waals surface area contributed by atoms with Crippen LogP contribution < -0.4 is 16.0 Å². The number of pyridine rings is 1. The number of halogens is 1. The van der Waals surface area contributed by atoms with Gasteiger partial charge >= 0.3 is 11.8 Å². The lowest BCUT2D eigenvalue weighted by atomic mass is 10.1. The van der Waals surface area contributed by atoms with Crippen LogP contribution in [0.2, 0.25) is 0 Å². The summed E-state index contributed by atoms with van der Waals surface area (Å²) >= 11 is 0. The Morgan fingerprint density at radius 2 is 2.10 bits per heavy atom. The van der Waals surface area contributed by atoms with Crippen LogP contribution in [0.25, 0.3) is 22.4 Å². The maximum atomic E-state index is 14.8. The number of anilines is 1. The molecule has 0 bridgehead atoms. The fourth-order valence-corrected chi connectivity index (χ4v) is 3.16. The molecule has 0 saturated carbocycles. The standard InChI is InChI=1S/C19H17FN4O5.CH4/c1-10(25)21-8-13-9-24(19(27)28-13)12-3-4-14(15(20)6-12)11-5-16-17(22-7-11)23(2)18(26)29-16;/h3-7,13H,8-9H2,1-2H3,(H,21,25);1H4/t13-;/m0./s1. The van der Waals surface area contributed by atoms with Crippen LogP contribution in [0.15, 0.2) is 39.7 Å². The Bertz CT molecular complexity index is 1190. The van der Waals surface area contributed by atoms with Crippen molar-refractivity contribution in [1.82, 2.24) is 14.9 Å². The normalized spacial score (nSPS) is 15.8. The molecule has 4 rings (SSSR count). The summed E-state index contributed by atoms with van der Waals surface area (Å²) in [6.45, 7) is 1.75. The molecule has 1 fully saturated rings. The molecule has 0 radical (unpaired) electrons. The van der Waals surface area contributed by atoms with Crippen molar-refractivity contribution in [3.05, 3.63) is 46.8 Å². The molecule has 1 saturated heterocycles. The van der Waals surface area contributed by atoms with Crippen molar-refractivity contribution in [3.8, 4) is 11.1 Å². The summed E-state index contributed by atoms with van der Waals surface area (Å²) in [7, 11) is 1.53. The van der Waals surface area contributed by atoms with Crippen LogP contribution in [0, 0.1) is 5.82 Å². The third kappa shape index (κ3) is 3.76. The number of oxazole rings is 1. The number of hydrogen-bond acceptors (Lipinski definition) is 6. The second-order valence-electron chi connectivity index (χ2n) is 6.69. The molecular formula is C20H21FN4O5. The molecular weight excluding hydrogens is 395 g/mol. The van der Waals surface area contributed by atoms with Crippen LogP contribution in [-0.2, 0) is 16.6 Å².